The minimum absolute atomic E-state index is 0.118. The molecule has 1 aromatic heterocycles. The summed E-state index contributed by atoms with van der Waals surface area (Å²) in [7, 11) is 0. The van der Waals surface area contributed by atoms with Crippen LogP contribution in [0.1, 0.15) is 15.9 Å². The van der Waals surface area contributed by atoms with Gasteiger partial charge in [-0.2, -0.15) is 5.26 Å². The molecule has 94 valence electrons. The fourth-order valence-electron chi connectivity index (χ4n) is 1.48. The summed E-state index contributed by atoms with van der Waals surface area (Å²) in [6.07, 6.45) is 1.33. The molecule has 2 rings (SSSR count). The van der Waals surface area contributed by atoms with Crippen molar-refractivity contribution in [3.8, 4) is 17.7 Å². The van der Waals surface area contributed by atoms with Crippen LogP contribution in [0.5, 0.6) is 11.6 Å². The Hall–Kier alpha value is -3.07. The number of nitrogens with two attached hydrogens (primary N) is 2. The maximum atomic E-state index is 11.2. The highest BCUT2D eigenvalue weighted by atomic mass is 16.5. The number of nitrogens with zero attached hydrogens (tertiary/aromatic N) is 2. The van der Waals surface area contributed by atoms with Gasteiger partial charge in [0.05, 0.1) is 16.8 Å². The lowest BCUT2D eigenvalue weighted by molar-refractivity contribution is 0.0998. The number of hydrogen-bond donors (Lipinski definition) is 2. The summed E-state index contributed by atoms with van der Waals surface area (Å²) in [6, 6.07) is 9.84. The Bertz CT molecular complexity index is 677. The van der Waals surface area contributed by atoms with Crippen molar-refractivity contribution in [1.29, 1.82) is 5.26 Å². The van der Waals surface area contributed by atoms with Gasteiger partial charge in [-0.3, -0.25) is 4.79 Å². The molecule has 2 aromatic rings. The molecule has 0 aliphatic carbocycles. The monoisotopic (exact) mass is 254 g/mol. The van der Waals surface area contributed by atoms with E-state index in [0.717, 1.165) is 0 Å². The molecule has 6 heteroatoms. The quantitative estimate of drug-likeness (QED) is 0.859. The van der Waals surface area contributed by atoms with E-state index in [-0.39, 0.29) is 22.9 Å². The van der Waals surface area contributed by atoms with Crippen LogP contribution in [0.3, 0.4) is 0 Å². The molecule has 19 heavy (non-hydrogen) atoms. The highest BCUT2D eigenvalue weighted by Gasteiger charge is 2.11. The molecule has 0 spiro atoms. The summed E-state index contributed by atoms with van der Waals surface area (Å²) >= 11 is 0. The van der Waals surface area contributed by atoms with Crippen molar-refractivity contribution >= 4 is 11.6 Å². The van der Waals surface area contributed by atoms with Crippen molar-refractivity contribution in [3.05, 3.63) is 47.7 Å². The average Bonchev–Trinajstić information content (AvgIpc) is 2.41. The van der Waals surface area contributed by atoms with Crippen LogP contribution < -0.4 is 16.2 Å². The number of anilines is 1. The van der Waals surface area contributed by atoms with E-state index < -0.39 is 5.91 Å². The normalized spacial score (nSPS) is 9.63. The lowest BCUT2D eigenvalue weighted by Gasteiger charge is -2.09. The SMILES string of the molecule is N#Cc1cnc(Oc2ccccc2C(N)=O)c(N)c1. The van der Waals surface area contributed by atoms with Crippen LogP contribution in [0.2, 0.25) is 0 Å². The van der Waals surface area contributed by atoms with Gasteiger partial charge in [0.1, 0.15) is 11.8 Å². The van der Waals surface area contributed by atoms with Crippen LogP contribution in [-0.4, -0.2) is 10.9 Å². The number of ether oxygens (including phenoxy) is 1. The molecule has 0 aliphatic rings. The maximum absolute atomic E-state index is 11.2. The zero-order valence-corrected chi connectivity index (χ0v) is 9.83. The van der Waals surface area contributed by atoms with Crippen molar-refractivity contribution < 1.29 is 9.53 Å². The van der Waals surface area contributed by atoms with Crippen LogP contribution in [-0.2, 0) is 0 Å². The molecule has 0 saturated carbocycles. The Labute approximate surface area is 109 Å². The summed E-state index contributed by atoms with van der Waals surface area (Å²) in [6.45, 7) is 0. The van der Waals surface area contributed by atoms with Gasteiger partial charge in [0.25, 0.3) is 5.91 Å². The number of carbonyl (C=O) groups excluding carboxylic acids is 1. The van der Waals surface area contributed by atoms with E-state index in [4.69, 9.17) is 21.5 Å². The predicted octanol–water partition coefficient (Wildman–Crippen LogP) is 1.43. The minimum Gasteiger partial charge on any atom is -0.436 e. The molecule has 0 unspecified atom stereocenters. The third-order valence-corrected chi connectivity index (χ3v) is 2.37. The Morgan fingerprint density at radius 1 is 1.37 bits per heavy atom. The number of carbonyl (C=O) groups is 1. The van der Waals surface area contributed by atoms with Crippen molar-refractivity contribution in [2.75, 3.05) is 5.73 Å². The number of pyridine rings is 1. The number of benzene rings is 1. The van der Waals surface area contributed by atoms with Crippen LogP contribution in [0, 0.1) is 11.3 Å². The van der Waals surface area contributed by atoms with Gasteiger partial charge < -0.3 is 16.2 Å². The fourth-order valence-corrected chi connectivity index (χ4v) is 1.48. The minimum atomic E-state index is -0.609. The van der Waals surface area contributed by atoms with Crippen molar-refractivity contribution in [2.24, 2.45) is 5.73 Å². The van der Waals surface area contributed by atoms with Crippen molar-refractivity contribution in [3.63, 3.8) is 0 Å². The van der Waals surface area contributed by atoms with E-state index in [9.17, 15) is 4.79 Å². The standard InChI is InChI=1S/C13H10N4O2/c14-6-8-5-10(15)13(17-7-8)19-11-4-2-1-3-9(11)12(16)18/h1-5,7H,15H2,(H2,16,18). The molecule has 4 N–H and O–H groups in total. The lowest BCUT2D eigenvalue weighted by atomic mass is 10.2. The second kappa shape index (κ2) is 5.06. The topological polar surface area (TPSA) is 115 Å². The van der Waals surface area contributed by atoms with E-state index in [1.165, 1.54) is 18.3 Å². The number of nitrogen functional groups attached to an aromatic ring is 1. The van der Waals surface area contributed by atoms with E-state index >= 15 is 0 Å². The van der Waals surface area contributed by atoms with Crippen molar-refractivity contribution in [1.82, 2.24) is 4.98 Å². The summed E-state index contributed by atoms with van der Waals surface area (Å²) in [5.74, 6) is -0.227. The second-order valence-corrected chi connectivity index (χ2v) is 3.69. The highest BCUT2D eigenvalue weighted by Crippen LogP contribution is 2.27. The summed E-state index contributed by atoms with van der Waals surface area (Å²) in [5, 5.41) is 8.71. The van der Waals surface area contributed by atoms with Gasteiger partial charge in [0.2, 0.25) is 5.88 Å². The van der Waals surface area contributed by atoms with Crippen LogP contribution in [0.15, 0.2) is 36.5 Å². The van der Waals surface area contributed by atoms with E-state index in [1.807, 2.05) is 6.07 Å². The van der Waals surface area contributed by atoms with E-state index in [2.05, 4.69) is 4.98 Å². The number of hydrogen-bond acceptors (Lipinski definition) is 5. The molecule has 0 bridgehead atoms. The third kappa shape index (κ3) is 2.61. The zero-order valence-electron chi connectivity index (χ0n) is 9.83. The number of rotatable bonds is 3. The molecule has 1 heterocycles. The van der Waals surface area contributed by atoms with Gasteiger partial charge in [0.15, 0.2) is 0 Å². The molecule has 0 radical (unpaired) electrons. The van der Waals surface area contributed by atoms with Gasteiger partial charge in [-0.25, -0.2) is 4.98 Å². The zero-order chi connectivity index (χ0) is 13.8. The van der Waals surface area contributed by atoms with Gasteiger partial charge in [0, 0.05) is 6.20 Å². The molecule has 0 saturated heterocycles. The number of para-hydroxylation sites is 1. The Balaban J connectivity index is 2.37. The van der Waals surface area contributed by atoms with Crippen LogP contribution in [0.25, 0.3) is 0 Å². The van der Waals surface area contributed by atoms with Gasteiger partial charge in [-0.05, 0) is 18.2 Å². The number of aromatic nitrogens is 1. The number of primary amides is 1. The Kier molecular flexibility index (Phi) is 3.30. The number of nitriles is 1. The first-order chi connectivity index (χ1) is 9.11. The molecule has 1 aromatic carbocycles. The highest BCUT2D eigenvalue weighted by molar-refractivity contribution is 5.95. The third-order valence-electron chi connectivity index (χ3n) is 2.37. The summed E-state index contributed by atoms with van der Waals surface area (Å²) in [4.78, 5) is 15.2. The van der Waals surface area contributed by atoms with Crippen LogP contribution >= 0.6 is 0 Å². The van der Waals surface area contributed by atoms with E-state index in [0.29, 0.717) is 5.56 Å². The van der Waals surface area contributed by atoms with Crippen LogP contribution in [0.4, 0.5) is 5.69 Å². The van der Waals surface area contributed by atoms with Gasteiger partial charge >= 0.3 is 0 Å². The first kappa shape index (κ1) is 12.4. The van der Waals surface area contributed by atoms with E-state index in [1.54, 1.807) is 18.2 Å². The maximum Gasteiger partial charge on any atom is 0.252 e. The molecule has 6 nitrogen and oxygen atoms in total. The first-order valence-corrected chi connectivity index (χ1v) is 5.34. The first-order valence-electron chi connectivity index (χ1n) is 5.34. The predicted molar refractivity (Wildman–Crippen MR) is 68.4 cm³/mol. The fraction of sp³-hybridized carbons (Fsp3) is 0. The molecular formula is C13H10N4O2. The molecule has 0 atom stereocenters. The average molecular weight is 254 g/mol. The molecular weight excluding hydrogens is 244 g/mol. The van der Waals surface area contributed by atoms with Gasteiger partial charge in [-0.1, -0.05) is 12.1 Å². The second-order valence-electron chi connectivity index (χ2n) is 3.69. The molecule has 0 fully saturated rings. The summed E-state index contributed by atoms with van der Waals surface area (Å²) in [5.41, 5.74) is 11.7. The Morgan fingerprint density at radius 3 is 2.74 bits per heavy atom. The Morgan fingerprint density at radius 2 is 2.11 bits per heavy atom. The lowest BCUT2D eigenvalue weighted by Crippen LogP contribution is -2.12. The largest absolute Gasteiger partial charge is 0.436 e. The molecule has 1 amide bonds. The number of amides is 1. The van der Waals surface area contributed by atoms with Gasteiger partial charge in [-0.15, -0.1) is 0 Å². The smallest absolute Gasteiger partial charge is 0.252 e. The van der Waals surface area contributed by atoms with Crippen molar-refractivity contribution in [2.45, 2.75) is 0 Å². The summed E-state index contributed by atoms with van der Waals surface area (Å²) < 4.78 is 5.45. The molecule has 0 aliphatic heterocycles.